The summed E-state index contributed by atoms with van der Waals surface area (Å²) in [5.74, 6) is 0. The van der Waals surface area contributed by atoms with Crippen LogP contribution in [0, 0.1) is 0 Å². The van der Waals surface area contributed by atoms with Crippen molar-refractivity contribution >= 4 is 7.60 Å². The summed E-state index contributed by atoms with van der Waals surface area (Å²) in [6.45, 7) is 0. The van der Waals surface area contributed by atoms with Gasteiger partial charge in [0, 0.05) is 0 Å². The molecule has 0 spiro atoms. The first-order valence-corrected chi connectivity index (χ1v) is 6.97. The van der Waals surface area contributed by atoms with Gasteiger partial charge in [-0.05, 0) is 13.5 Å². The summed E-state index contributed by atoms with van der Waals surface area (Å²) < 4.78 is 15.7. The van der Waals surface area contributed by atoms with Crippen LogP contribution in [-0.2, 0) is 9.30 Å². The van der Waals surface area contributed by atoms with Crippen LogP contribution in [-0.4, -0.2) is 69.0 Å². The third-order valence-electron chi connectivity index (χ3n) is 2.76. The van der Waals surface area contributed by atoms with Gasteiger partial charge in [-0.15, -0.1) is 0 Å². The average Bonchev–Trinajstić information content (AvgIpc) is 2.21. The van der Waals surface area contributed by atoms with Crippen molar-refractivity contribution in [2.24, 2.45) is 0 Å². The summed E-state index contributed by atoms with van der Waals surface area (Å²) in [7, 11) is -2.70. The van der Waals surface area contributed by atoms with Crippen LogP contribution < -0.4 is 5.32 Å². The highest BCUT2D eigenvalue weighted by atomic mass is 31.2. The van der Waals surface area contributed by atoms with Gasteiger partial charge in [-0.2, -0.15) is 0 Å². The van der Waals surface area contributed by atoms with Crippen LogP contribution >= 0.6 is 7.60 Å². The zero-order valence-corrected chi connectivity index (χ0v) is 10.2. The molecule has 0 radical (unpaired) electrons. The summed E-state index contributed by atoms with van der Waals surface area (Å²) in [5, 5.41) is 31.4. The molecule has 1 saturated heterocycles. The first-order chi connectivity index (χ1) is 7.76. The van der Waals surface area contributed by atoms with Gasteiger partial charge in [0.25, 0.3) is 0 Å². The number of likely N-dealkylation sites (N-methyl/N-ethyl adjacent to an activating group) is 1. The van der Waals surface area contributed by atoms with Gasteiger partial charge < -0.3 is 35.2 Å². The van der Waals surface area contributed by atoms with Gasteiger partial charge in [0.15, 0.2) is 6.29 Å². The molecule has 0 saturated carbocycles. The third kappa shape index (κ3) is 3.97. The number of nitrogens with one attached hydrogen (secondary N) is 1. The number of rotatable bonds is 4. The van der Waals surface area contributed by atoms with Crippen LogP contribution in [0.25, 0.3) is 0 Å². The van der Waals surface area contributed by atoms with Crippen molar-refractivity contribution in [2.75, 3.05) is 13.2 Å². The van der Waals surface area contributed by atoms with E-state index < -0.39 is 44.4 Å². The van der Waals surface area contributed by atoms with E-state index in [0.717, 1.165) is 0 Å². The Morgan fingerprint density at radius 3 is 2.29 bits per heavy atom. The fourth-order valence-corrected chi connectivity index (χ4v) is 2.38. The van der Waals surface area contributed by atoms with Gasteiger partial charge >= 0.3 is 7.60 Å². The summed E-state index contributed by atoms with van der Waals surface area (Å²) in [4.78, 5) is 17.4. The number of hydrogen-bond donors (Lipinski definition) is 6. The van der Waals surface area contributed by atoms with Gasteiger partial charge in [-0.1, -0.05) is 0 Å². The lowest BCUT2D eigenvalue weighted by Crippen LogP contribution is -2.61. The molecule has 5 atom stereocenters. The van der Waals surface area contributed by atoms with Crippen LogP contribution in [0.1, 0.15) is 6.42 Å². The molecule has 0 aromatic rings. The van der Waals surface area contributed by atoms with E-state index in [-0.39, 0.29) is 6.42 Å². The lowest BCUT2D eigenvalue weighted by atomic mass is 9.95. The molecule has 0 bridgehead atoms. The zero-order valence-electron chi connectivity index (χ0n) is 9.30. The number of aliphatic hydroxyl groups is 3. The maximum Gasteiger partial charge on any atom is 0.325 e. The molecule has 1 fully saturated rings. The second-order valence-electron chi connectivity index (χ2n) is 4.04. The van der Waals surface area contributed by atoms with Crippen molar-refractivity contribution in [2.45, 2.75) is 37.1 Å². The Balaban J connectivity index is 2.61. The number of aliphatic hydroxyl groups excluding tert-OH is 3. The van der Waals surface area contributed by atoms with E-state index in [4.69, 9.17) is 14.5 Å². The van der Waals surface area contributed by atoms with Gasteiger partial charge in [0.2, 0.25) is 0 Å². The van der Waals surface area contributed by atoms with Crippen LogP contribution in [0.5, 0.6) is 0 Å². The van der Waals surface area contributed by atoms with Crippen molar-refractivity contribution in [1.29, 1.82) is 0 Å². The molecule has 0 amide bonds. The Labute approximate surface area is 98.4 Å². The van der Waals surface area contributed by atoms with Crippen LogP contribution in [0.4, 0.5) is 0 Å². The highest BCUT2D eigenvalue weighted by molar-refractivity contribution is 7.51. The van der Waals surface area contributed by atoms with E-state index in [1.165, 1.54) is 7.05 Å². The molecule has 1 aliphatic rings. The minimum absolute atomic E-state index is 0.143. The van der Waals surface area contributed by atoms with Gasteiger partial charge in [0.1, 0.15) is 12.2 Å². The molecule has 0 aliphatic carbocycles. The van der Waals surface area contributed by atoms with E-state index in [9.17, 15) is 19.9 Å². The van der Waals surface area contributed by atoms with Crippen LogP contribution in [0.15, 0.2) is 0 Å². The Kier molecular flexibility index (Phi) is 5.06. The van der Waals surface area contributed by atoms with Crippen molar-refractivity contribution in [3.05, 3.63) is 0 Å². The molecule has 1 rings (SSSR count). The molecule has 1 aliphatic heterocycles. The Morgan fingerprint density at radius 2 is 1.82 bits per heavy atom. The molecular formula is C8H18NO7P. The molecule has 102 valence electrons. The highest BCUT2D eigenvalue weighted by Crippen LogP contribution is 2.36. The van der Waals surface area contributed by atoms with Gasteiger partial charge in [-0.3, -0.25) is 4.57 Å². The van der Waals surface area contributed by atoms with Crippen molar-refractivity contribution in [1.82, 2.24) is 5.32 Å². The lowest BCUT2D eigenvalue weighted by Gasteiger charge is -2.40. The van der Waals surface area contributed by atoms with E-state index in [1.807, 2.05) is 0 Å². The quantitative estimate of drug-likeness (QED) is 0.310. The minimum atomic E-state index is -4.19. The maximum atomic E-state index is 10.7. The third-order valence-corrected chi connectivity index (χ3v) is 3.60. The van der Waals surface area contributed by atoms with E-state index in [2.05, 4.69) is 5.32 Å². The first kappa shape index (κ1) is 15.0. The molecular weight excluding hydrogens is 253 g/mol. The molecule has 17 heavy (non-hydrogen) atoms. The summed E-state index contributed by atoms with van der Waals surface area (Å²) in [6.07, 6.45) is -5.51. The second-order valence-corrected chi connectivity index (χ2v) is 5.81. The Bertz CT molecular complexity index is 296. The fraction of sp³-hybridized carbons (Fsp3) is 1.00. The average molecular weight is 271 g/mol. The summed E-state index contributed by atoms with van der Waals surface area (Å²) in [5.41, 5.74) is 0. The minimum Gasteiger partial charge on any atom is -0.388 e. The standard InChI is InChI=1S/C8H18NO7P/c1-9-5-7(11)6(10)4(16-8(5)12)2-3-17(13,14)15/h4-12H,2-3H2,1H3,(H2,13,14,15)/t4-,5-,6-,7-,8?/m1/s1. The van der Waals surface area contributed by atoms with Crippen molar-refractivity contribution in [3.8, 4) is 0 Å². The highest BCUT2D eigenvalue weighted by Gasteiger charge is 2.43. The number of hydrogen-bond acceptors (Lipinski definition) is 6. The molecule has 0 aromatic carbocycles. The van der Waals surface area contributed by atoms with Crippen molar-refractivity contribution < 1.29 is 34.4 Å². The first-order valence-electron chi connectivity index (χ1n) is 5.18. The molecule has 1 unspecified atom stereocenters. The maximum absolute atomic E-state index is 10.7. The van der Waals surface area contributed by atoms with Crippen LogP contribution in [0.3, 0.4) is 0 Å². The lowest BCUT2D eigenvalue weighted by molar-refractivity contribution is -0.247. The fourth-order valence-electron chi connectivity index (χ4n) is 1.79. The largest absolute Gasteiger partial charge is 0.388 e. The molecule has 0 aromatic heterocycles. The molecule has 6 N–H and O–H groups in total. The monoisotopic (exact) mass is 271 g/mol. The predicted octanol–water partition coefficient (Wildman–Crippen LogP) is -2.42. The molecule has 8 nitrogen and oxygen atoms in total. The Hall–Kier alpha value is -0.0500. The Morgan fingerprint density at radius 1 is 1.24 bits per heavy atom. The topological polar surface area (TPSA) is 139 Å². The van der Waals surface area contributed by atoms with Crippen LogP contribution in [0.2, 0.25) is 0 Å². The second kappa shape index (κ2) is 5.73. The smallest absolute Gasteiger partial charge is 0.325 e. The van der Waals surface area contributed by atoms with Crippen molar-refractivity contribution in [3.63, 3.8) is 0 Å². The van der Waals surface area contributed by atoms with E-state index in [1.54, 1.807) is 0 Å². The summed E-state index contributed by atoms with van der Waals surface area (Å²) in [6, 6.07) is -0.837. The van der Waals surface area contributed by atoms with E-state index in [0.29, 0.717) is 0 Å². The molecule has 9 heteroatoms. The molecule has 1 heterocycles. The zero-order chi connectivity index (χ0) is 13.2. The van der Waals surface area contributed by atoms with E-state index >= 15 is 0 Å². The van der Waals surface area contributed by atoms with Gasteiger partial charge in [-0.25, -0.2) is 0 Å². The predicted molar refractivity (Wildman–Crippen MR) is 57.3 cm³/mol. The number of ether oxygens (including phenoxy) is 1. The SMILES string of the molecule is CN[C@H]1C(O)O[C@H](CCP(=O)(O)O)[C@@H](O)[C@@H]1O. The summed E-state index contributed by atoms with van der Waals surface area (Å²) >= 11 is 0. The van der Waals surface area contributed by atoms with Gasteiger partial charge in [0.05, 0.1) is 18.3 Å². The normalized spacial score (nSPS) is 39.3.